The monoisotopic (exact) mass is 643 g/mol. The first-order valence-corrected chi connectivity index (χ1v) is 17.4. The summed E-state index contributed by atoms with van der Waals surface area (Å²) in [6, 6.07) is 63.1. The average Bonchev–Trinajstić information content (AvgIpc) is 3.75. The number of nitrogens with zero attached hydrogens (tertiary/aromatic N) is 1. The maximum Gasteiger partial charge on any atom is 0.143 e. The highest BCUT2D eigenvalue weighted by atomic mass is 32.1. The second kappa shape index (κ2) is 11.2. The third-order valence-electron chi connectivity index (χ3n) is 9.68. The Morgan fingerprint density at radius 3 is 1.82 bits per heavy atom. The molecule has 2 heterocycles. The SMILES string of the molecule is c1ccc(N(c2ccc(-c3cccc4c3sc3ccccc34)cc2)c2ccc(-c3cccc4oc5c6ccccc6ccc5c34)cc2)cc1. The molecule has 230 valence electrons. The van der Waals surface area contributed by atoms with Crippen molar-refractivity contribution in [2.45, 2.75) is 0 Å². The molecule has 0 aliphatic heterocycles. The van der Waals surface area contributed by atoms with Gasteiger partial charge in [-0.3, -0.25) is 0 Å². The summed E-state index contributed by atoms with van der Waals surface area (Å²) in [5.41, 5.74) is 10.0. The minimum Gasteiger partial charge on any atom is -0.455 e. The summed E-state index contributed by atoms with van der Waals surface area (Å²) in [7, 11) is 0. The van der Waals surface area contributed by atoms with E-state index in [1.165, 1.54) is 42.2 Å². The highest BCUT2D eigenvalue weighted by Crippen LogP contribution is 2.43. The van der Waals surface area contributed by atoms with Gasteiger partial charge in [0.05, 0.1) is 0 Å². The van der Waals surface area contributed by atoms with Crippen LogP contribution in [-0.4, -0.2) is 0 Å². The molecule has 2 nitrogen and oxygen atoms in total. The number of fused-ring (bicyclic) bond motifs is 8. The predicted octanol–water partition coefficient (Wildman–Crippen LogP) is 13.9. The molecule has 0 unspecified atom stereocenters. The van der Waals surface area contributed by atoms with Crippen LogP contribution in [-0.2, 0) is 0 Å². The van der Waals surface area contributed by atoms with Crippen molar-refractivity contribution in [3.63, 3.8) is 0 Å². The van der Waals surface area contributed by atoms with Crippen LogP contribution in [0, 0.1) is 0 Å². The first-order valence-electron chi connectivity index (χ1n) is 16.6. The summed E-state index contributed by atoms with van der Waals surface area (Å²) in [5, 5.41) is 7.27. The maximum absolute atomic E-state index is 6.48. The molecule has 0 spiro atoms. The third-order valence-corrected chi connectivity index (χ3v) is 10.9. The minimum absolute atomic E-state index is 0.908. The van der Waals surface area contributed by atoms with Crippen LogP contribution < -0.4 is 4.90 Å². The van der Waals surface area contributed by atoms with Gasteiger partial charge in [0.25, 0.3) is 0 Å². The van der Waals surface area contributed by atoms with Gasteiger partial charge in [0.2, 0.25) is 0 Å². The summed E-state index contributed by atoms with van der Waals surface area (Å²) in [4.78, 5) is 2.33. The molecule has 3 heteroatoms. The Hall–Kier alpha value is -6.16. The molecule has 0 N–H and O–H groups in total. The van der Waals surface area contributed by atoms with Crippen LogP contribution in [0.3, 0.4) is 0 Å². The number of furan rings is 1. The van der Waals surface area contributed by atoms with Gasteiger partial charge in [-0.05, 0) is 82.2 Å². The van der Waals surface area contributed by atoms with E-state index in [9.17, 15) is 0 Å². The van der Waals surface area contributed by atoms with Gasteiger partial charge in [-0.25, -0.2) is 0 Å². The van der Waals surface area contributed by atoms with Crippen molar-refractivity contribution in [1.29, 1.82) is 0 Å². The lowest BCUT2D eigenvalue weighted by atomic mass is 9.98. The summed E-state index contributed by atoms with van der Waals surface area (Å²) >= 11 is 1.87. The molecule has 0 aliphatic rings. The molecule has 0 amide bonds. The van der Waals surface area contributed by atoms with Crippen LogP contribution in [0.1, 0.15) is 0 Å². The molecule has 0 fully saturated rings. The van der Waals surface area contributed by atoms with Crippen molar-refractivity contribution in [2.24, 2.45) is 0 Å². The van der Waals surface area contributed by atoms with Crippen molar-refractivity contribution in [3.8, 4) is 22.3 Å². The normalized spacial score (nSPS) is 11.7. The molecular weight excluding hydrogens is 615 g/mol. The van der Waals surface area contributed by atoms with Crippen molar-refractivity contribution in [2.75, 3.05) is 4.90 Å². The lowest BCUT2D eigenvalue weighted by molar-refractivity contribution is 0.673. The molecule has 0 bridgehead atoms. The summed E-state index contributed by atoms with van der Waals surface area (Å²) in [5.74, 6) is 0. The van der Waals surface area contributed by atoms with Crippen LogP contribution in [0.25, 0.3) is 75.1 Å². The van der Waals surface area contributed by atoms with E-state index in [-0.39, 0.29) is 0 Å². The number of benzene rings is 8. The lowest BCUT2D eigenvalue weighted by Gasteiger charge is -2.26. The van der Waals surface area contributed by atoms with Gasteiger partial charge in [-0.2, -0.15) is 0 Å². The van der Waals surface area contributed by atoms with Crippen LogP contribution >= 0.6 is 11.3 Å². The van der Waals surface area contributed by atoms with Gasteiger partial charge in [0, 0.05) is 53.4 Å². The quantitative estimate of drug-likeness (QED) is 0.186. The standard InChI is InChI=1S/C46H29NOS/c1-2-11-33(12-3-1)47(35-27-22-32(23-28-35)38-16-8-17-40-39-14-6-7-19-43(39)49-46(38)40)34-25-20-31(21-26-34)36-15-9-18-42-44(36)41-29-24-30-10-4-5-13-37(30)45(41)48-42/h1-29H. The fraction of sp³-hybridized carbons (Fsp3) is 0. The third kappa shape index (κ3) is 4.55. The van der Waals surface area contributed by atoms with E-state index in [4.69, 9.17) is 4.42 Å². The topological polar surface area (TPSA) is 16.4 Å². The van der Waals surface area contributed by atoms with E-state index in [1.54, 1.807) is 0 Å². The van der Waals surface area contributed by atoms with Crippen LogP contribution in [0.4, 0.5) is 17.1 Å². The molecular formula is C46H29NOS. The lowest BCUT2D eigenvalue weighted by Crippen LogP contribution is -2.09. The molecule has 49 heavy (non-hydrogen) atoms. The van der Waals surface area contributed by atoms with E-state index in [0.29, 0.717) is 0 Å². The highest BCUT2D eigenvalue weighted by molar-refractivity contribution is 7.26. The average molecular weight is 644 g/mol. The molecule has 0 radical (unpaired) electrons. The summed E-state index contributed by atoms with van der Waals surface area (Å²) in [6.45, 7) is 0. The second-order valence-electron chi connectivity index (χ2n) is 12.5. The number of rotatable bonds is 5. The van der Waals surface area contributed by atoms with Crippen molar-refractivity contribution in [3.05, 3.63) is 176 Å². The Morgan fingerprint density at radius 2 is 1.02 bits per heavy atom. The zero-order valence-electron chi connectivity index (χ0n) is 26.5. The van der Waals surface area contributed by atoms with E-state index in [2.05, 4.69) is 181 Å². The number of hydrogen-bond donors (Lipinski definition) is 0. The number of para-hydroxylation sites is 1. The first-order chi connectivity index (χ1) is 24.3. The smallest absolute Gasteiger partial charge is 0.143 e. The zero-order valence-corrected chi connectivity index (χ0v) is 27.3. The first kappa shape index (κ1) is 27.9. The Bertz CT molecular complexity index is 2810. The van der Waals surface area contributed by atoms with Crippen LogP contribution in [0.5, 0.6) is 0 Å². The Balaban J connectivity index is 1.05. The molecule has 2 aromatic heterocycles. The highest BCUT2D eigenvalue weighted by Gasteiger charge is 2.17. The second-order valence-corrected chi connectivity index (χ2v) is 13.5. The Labute approximate surface area is 287 Å². The van der Waals surface area contributed by atoms with Crippen LogP contribution in [0.15, 0.2) is 180 Å². The fourth-order valence-electron chi connectivity index (χ4n) is 7.37. The van der Waals surface area contributed by atoms with Gasteiger partial charge in [-0.15, -0.1) is 11.3 Å². The molecule has 0 saturated heterocycles. The van der Waals surface area contributed by atoms with E-state index < -0.39 is 0 Å². The van der Waals surface area contributed by atoms with Crippen molar-refractivity contribution < 1.29 is 4.42 Å². The van der Waals surface area contributed by atoms with Gasteiger partial charge < -0.3 is 9.32 Å². The van der Waals surface area contributed by atoms with Gasteiger partial charge in [-0.1, -0.05) is 121 Å². The van der Waals surface area contributed by atoms with E-state index in [1.807, 2.05) is 11.3 Å². The number of hydrogen-bond acceptors (Lipinski definition) is 3. The van der Waals surface area contributed by atoms with E-state index in [0.717, 1.165) is 50.0 Å². The summed E-state index contributed by atoms with van der Waals surface area (Å²) in [6.07, 6.45) is 0. The molecule has 0 saturated carbocycles. The number of thiophene rings is 1. The summed E-state index contributed by atoms with van der Waals surface area (Å²) < 4.78 is 9.14. The molecule has 8 aromatic carbocycles. The predicted molar refractivity (Wildman–Crippen MR) is 210 cm³/mol. The molecule has 10 aromatic rings. The number of anilines is 3. The molecule has 0 aliphatic carbocycles. The molecule has 0 atom stereocenters. The minimum atomic E-state index is 0.908. The largest absolute Gasteiger partial charge is 0.455 e. The van der Waals surface area contributed by atoms with Crippen molar-refractivity contribution in [1.82, 2.24) is 0 Å². The van der Waals surface area contributed by atoms with Gasteiger partial charge in [0.1, 0.15) is 11.2 Å². The fourth-order valence-corrected chi connectivity index (χ4v) is 8.61. The zero-order chi connectivity index (χ0) is 32.3. The Morgan fingerprint density at radius 1 is 0.408 bits per heavy atom. The van der Waals surface area contributed by atoms with E-state index >= 15 is 0 Å². The van der Waals surface area contributed by atoms with Crippen molar-refractivity contribution >= 4 is 81.3 Å². The van der Waals surface area contributed by atoms with Gasteiger partial charge in [0.15, 0.2) is 0 Å². The maximum atomic E-state index is 6.48. The van der Waals surface area contributed by atoms with Gasteiger partial charge >= 0.3 is 0 Å². The van der Waals surface area contributed by atoms with Crippen LogP contribution in [0.2, 0.25) is 0 Å². The Kier molecular flexibility index (Phi) is 6.39. The molecule has 10 rings (SSSR count).